The number of hydrogen-bond acceptors (Lipinski definition) is 1. The van der Waals surface area contributed by atoms with Crippen molar-refractivity contribution in [2.24, 2.45) is 5.92 Å². The molecule has 2 atom stereocenters. The van der Waals surface area contributed by atoms with Crippen LogP contribution in [0.5, 0.6) is 0 Å². The zero-order valence-corrected chi connectivity index (χ0v) is 8.33. The van der Waals surface area contributed by atoms with Gasteiger partial charge in [0.15, 0.2) is 0 Å². The second-order valence-electron chi connectivity index (χ2n) is 4.07. The topological polar surface area (TPSA) is 25.2 Å². The van der Waals surface area contributed by atoms with Gasteiger partial charge in [-0.15, -0.1) is 0 Å². The van der Waals surface area contributed by atoms with E-state index in [1.165, 1.54) is 5.69 Å². The molecule has 2 rings (SSSR count). The van der Waals surface area contributed by atoms with Crippen LogP contribution < -0.4 is 0 Å². The molecule has 0 fully saturated rings. The number of fused-ring (bicyclic) bond motifs is 1. The van der Waals surface area contributed by atoms with Crippen LogP contribution >= 0.6 is 0 Å². The molecule has 1 aliphatic heterocycles. The molecule has 1 aliphatic rings. The zero-order valence-electron chi connectivity index (χ0n) is 8.33. The molecule has 0 bridgehead atoms. The number of nitrogens with zero attached hydrogens (tertiary/aromatic N) is 1. The van der Waals surface area contributed by atoms with Crippen molar-refractivity contribution in [3.8, 4) is 0 Å². The molecule has 0 aromatic carbocycles. The standard InChI is InChI=1S/C11H17NO/c1-3-9-4-5-10-11(13)6-8(2)7-12(9)10/h4-5,8,11,13H,3,6-7H2,1-2H3. The molecule has 0 radical (unpaired) electrons. The zero-order chi connectivity index (χ0) is 9.42. The Hall–Kier alpha value is -0.760. The highest BCUT2D eigenvalue weighted by atomic mass is 16.3. The molecule has 2 heterocycles. The summed E-state index contributed by atoms with van der Waals surface area (Å²) < 4.78 is 2.28. The third-order valence-electron chi connectivity index (χ3n) is 2.93. The lowest BCUT2D eigenvalue weighted by atomic mass is 9.98. The van der Waals surface area contributed by atoms with E-state index < -0.39 is 0 Å². The van der Waals surface area contributed by atoms with Crippen LogP contribution in [0.25, 0.3) is 0 Å². The lowest BCUT2D eigenvalue weighted by Gasteiger charge is -2.27. The average molecular weight is 179 g/mol. The Labute approximate surface area is 79.2 Å². The number of aromatic nitrogens is 1. The van der Waals surface area contributed by atoms with Gasteiger partial charge in [-0.25, -0.2) is 0 Å². The van der Waals surface area contributed by atoms with E-state index in [2.05, 4.69) is 30.5 Å². The molecular formula is C11H17NO. The van der Waals surface area contributed by atoms with Crippen molar-refractivity contribution in [3.05, 3.63) is 23.5 Å². The lowest BCUT2D eigenvalue weighted by molar-refractivity contribution is 0.113. The van der Waals surface area contributed by atoms with E-state index in [9.17, 15) is 5.11 Å². The predicted molar refractivity (Wildman–Crippen MR) is 52.6 cm³/mol. The third-order valence-corrected chi connectivity index (χ3v) is 2.93. The molecule has 0 saturated heterocycles. The molecular weight excluding hydrogens is 162 g/mol. The predicted octanol–water partition coefficient (Wildman–Crippen LogP) is 2.12. The maximum Gasteiger partial charge on any atom is 0.0943 e. The Balaban J connectivity index is 2.40. The Morgan fingerprint density at radius 1 is 1.54 bits per heavy atom. The van der Waals surface area contributed by atoms with E-state index in [-0.39, 0.29) is 6.10 Å². The molecule has 2 heteroatoms. The first-order valence-corrected chi connectivity index (χ1v) is 5.08. The second kappa shape index (κ2) is 3.18. The van der Waals surface area contributed by atoms with Crippen LogP contribution in [0.2, 0.25) is 0 Å². The van der Waals surface area contributed by atoms with Crippen LogP contribution in [-0.4, -0.2) is 9.67 Å². The number of rotatable bonds is 1. The van der Waals surface area contributed by atoms with Gasteiger partial charge in [-0.2, -0.15) is 0 Å². The van der Waals surface area contributed by atoms with Crippen LogP contribution in [0.3, 0.4) is 0 Å². The highest BCUT2D eigenvalue weighted by Crippen LogP contribution is 2.30. The van der Waals surface area contributed by atoms with Gasteiger partial charge in [0.05, 0.1) is 6.10 Å². The summed E-state index contributed by atoms with van der Waals surface area (Å²) in [6.07, 6.45) is 1.72. The van der Waals surface area contributed by atoms with Crippen molar-refractivity contribution in [1.29, 1.82) is 0 Å². The molecule has 1 N–H and O–H groups in total. The molecule has 0 saturated carbocycles. The van der Waals surface area contributed by atoms with E-state index in [4.69, 9.17) is 0 Å². The maximum atomic E-state index is 9.82. The quantitative estimate of drug-likeness (QED) is 0.702. The highest BCUT2D eigenvalue weighted by molar-refractivity contribution is 5.20. The molecule has 1 aromatic heterocycles. The van der Waals surface area contributed by atoms with Crippen molar-refractivity contribution in [1.82, 2.24) is 4.57 Å². The minimum Gasteiger partial charge on any atom is -0.387 e. The van der Waals surface area contributed by atoms with Crippen LogP contribution in [0.15, 0.2) is 12.1 Å². The van der Waals surface area contributed by atoms with Gasteiger partial charge in [0.2, 0.25) is 0 Å². The van der Waals surface area contributed by atoms with Gasteiger partial charge in [0.1, 0.15) is 0 Å². The molecule has 0 aliphatic carbocycles. The SMILES string of the molecule is CCc1ccc2n1CC(C)CC2O. The summed E-state index contributed by atoms with van der Waals surface area (Å²) in [6, 6.07) is 4.20. The summed E-state index contributed by atoms with van der Waals surface area (Å²) in [4.78, 5) is 0. The summed E-state index contributed by atoms with van der Waals surface area (Å²) in [5.41, 5.74) is 2.45. The monoisotopic (exact) mass is 179 g/mol. The van der Waals surface area contributed by atoms with Gasteiger partial charge in [-0.3, -0.25) is 0 Å². The fraction of sp³-hybridized carbons (Fsp3) is 0.636. The van der Waals surface area contributed by atoms with Crippen LogP contribution in [-0.2, 0) is 13.0 Å². The first-order valence-electron chi connectivity index (χ1n) is 5.08. The molecule has 0 spiro atoms. The summed E-state index contributed by atoms with van der Waals surface area (Å²) in [5, 5.41) is 9.82. The van der Waals surface area contributed by atoms with Crippen molar-refractivity contribution >= 4 is 0 Å². The summed E-state index contributed by atoms with van der Waals surface area (Å²) >= 11 is 0. The van der Waals surface area contributed by atoms with Gasteiger partial charge in [0.25, 0.3) is 0 Å². The molecule has 72 valence electrons. The van der Waals surface area contributed by atoms with E-state index in [1.54, 1.807) is 0 Å². The van der Waals surface area contributed by atoms with Gasteiger partial charge in [0, 0.05) is 17.9 Å². The van der Waals surface area contributed by atoms with Crippen molar-refractivity contribution in [2.45, 2.75) is 39.3 Å². The van der Waals surface area contributed by atoms with Crippen molar-refractivity contribution in [3.63, 3.8) is 0 Å². The van der Waals surface area contributed by atoms with Crippen LogP contribution in [0.1, 0.15) is 37.8 Å². The van der Waals surface area contributed by atoms with Gasteiger partial charge < -0.3 is 9.67 Å². The summed E-state index contributed by atoms with van der Waals surface area (Å²) in [6.45, 7) is 5.43. The number of aliphatic hydroxyl groups excluding tert-OH is 1. The van der Waals surface area contributed by atoms with E-state index >= 15 is 0 Å². The molecule has 13 heavy (non-hydrogen) atoms. The largest absolute Gasteiger partial charge is 0.387 e. The smallest absolute Gasteiger partial charge is 0.0943 e. The van der Waals surface area contributed by atoms with E-state index in [0.29, 0.717) is 5.92 Å². The molecule has 1 aromatic rings. The minimum atomic E-state index is -0.246. The van der Waals surface area contributed by atoms with Crippen molar-refractivity contribution in [2.75, 3.05) is 0 Å². The highest BCUT2D eigenvalue weighted by Gasteiger charge is 2.23. The van der Waals surface area contributed by atoms with Crippen molar-refractivity contribution < 1.29 is 5.11 Å². The first-order chi connectivity index (χ1) is 6.22. The number of aliphatic hydroxyl groups is 1. The fourth-order valence-corrected chi connectivity index (χ4v) is 2.24. The fourth-order valence-electron chi connectivity index (χ4n) is 2.24. The average Bonchev–Trinajstić information content (AvgIpc) is 2.47. The Kier molecular flexibility index (Phi) is 2.16. The van der Waals surface area contributed by atoms with Crippen LogP contribution in [0, 0.1) is 5.92 Å². The van der Waals surface area contributed by atoms with E-state index in [1.807, 2.05) is 0 Å². The Morgan fingerprint density at radius 3 is 3.00 bits per heavy atom. The first kappa shape index (κ1) is 8.82. The molecule has 0 amide bonds. The van der Waals surface area contributed by atoms with Gasteiger partial charge in [-0.1, -0.05) is 13.8 Å². The Morgan fingerprint density at radius 2 is 2.31 bits per heavy atom. The molecule has 2 nitrogen and oxygen atoms in total. The second-order valence-corrected chi connectivity index (χ2v) is 4.07. The normalized spacial score (nSPS) is 27.3. The maximum absolute atomic E-state index is 9.82. The summed E-state index contributed by atoms with van der Waals surface area (Å²) in [7, 11) is 0. The minimum absolute atomic E-state index is 0.246. The van der Waals surface area contributed by atoms with E-state index in [0.717, 1.165) is 25.1 Å². The van der Waals surface area contributed by atoms with Crippen LogP contribution in [0.4, 0.5) is 0 Å². The lowest BCUT2D eigenvalue weighted by Crippen LogP contribution is -2.22. The number of aryl methyl sites for hydroxylation is 1. The number of hydrogen-bond donors (Lipinski definition) is 1. The van der Waals surface area contributed by atoms with Gasteiger partial charge >= 0.3 is 0 Å². The Bertz CT molecular complexity index is 303. The molecule has 2 unspecified atom stereocenters. The third kappa shape index (κ3) is 1.39. The van der Waals surface area contributed by atoms with Gasteiger partial charge in [-0.05, 0) is 30.9 Å². The summed E-state index contributed by atoms with van der Waals surface area (Å²) in [5.74, 6) is 0.597.